The Morgan fingerprint density at radius 3 is 2.33 bits per heavy atom. The second-order valence-electron chi connectivity index (χ2n) is 9.31. The lowest BCUT2D eigenvalue weighted by Crippen LogP contribution is -2.44. The minimum atomic E-state index is -3.26. The van der Waals surface area contributed by atoms with Crippen LogP contribution in [0.4, 0.5) is 0 Å². The maximum Gasteiger partial charge on any atom is 0.326 e. The number of ether oxygens (including phenoxy) is 1. The lowest BCUT2D eigenvalue weighted by Gasteiger charge is -2.27. The number of carbonyl (C=O) groups is 1. The fraction of sp³-hybridized carbons (Fsp3) is 0.682. The highest BCUT2D eigenvalue weighted by Gasteiger charge is 2.26. The molecule has 0 saturated heterocycles. The molecule has 1 aromatic carbocycles. The van der Waals surface area contributed by atoms with Crippen molar-refractivity contribution in [2.24, 2.45) is 0 Å². The highest BCUT2D eigenvalue weighted by Crippen LogP contribution is 2.17. The molecule has 0 aliphatic rings. The van der Waals surface area contributed by atoms with Gasteiger partial charge in [0, 0.05) is 0 Å². The monoisotopic (exact) mass is 459 g/mol. The molecule has 6 nitrogen and oxygen atoms in total. The molecule has 1 rings (SSSR count). The van der Waals surface area contributed by atoms with Gasteiger partial charge in [-0.2, -0.15) is 17.2 Å². The summed E-state index contributed by atoms with van der Waals surface area (Å²) in [6.07, 6.45) is 1.09. The standard InChI is InChI=1S/C22H37NO5S2/c1-17-10-8-11-18(16-17)30(25,26)15-9-13-29-14-12-19(23-28-22(5,6)7)20(24)27-21(2,3)4/h8,10-11,16,19,23H,9,12-15H2,1-7H3/t19-/m1/s1. The largest absolute Gasteiger partial charge is 0.459 e. The number of thioether (sulfide) groups is 1. The number of carbonyl (C=O) groups excluding carboxylic acids is 1. The van der Waals surface area contributed by atoms with Gasteiger partial charge in [0.15, 0.2) is 9.84 Å². The summed E-state index contributed by atoms with van der Waals surface area (Å²) in [7, 11) is -3.26. The van der Waals surface area contributed by atoms with E-state index in [0.717, 1.165) is 5.56 Å². The van der Waals surface area contributed by atoms with Gasteiger partial charge < -0.3 is 4.74 Å². The Balaban J connectivity index is 2.47. The Labute approximate surface area is 186 Å². The molecular weight excluding hydrogens is 422 g/mol. The number of benzene rings is 1. The number of hydroxylamine groups is 1. The highest BCUT2D eigenvalue weighted by atomic mass is 32.2. The molecular formula is C22H37NO5S2. The first-order chi connectivity index (χ1) is 13.7. The van der Waals surface area contributed by atoms with Gasteiger partial charge in [-0.15, -0.1) is 0 Å². The molecule has 0 aromatic heterocycles. The fourth-order valence-electron chi connectivity index (χ4n) is 2.43. The molecule has 0 heterocycles. The zero-order valence-electron chi connectivity index (χ0n) is 19.3. The molecule has 1 N–H and O–H groups in total. The van der Waals surface area contributed by atoms with E-state index in [9.17, 15) is 13.2 Å². The van der Waals surface area contributed by atoms with Crippen LogP contribution in [0.1, 0.15) is 59.9 Å². The van der Waals surface area contributed by atoms with Gasteiger partial charge in [0.25, 0.3) is 0 Å². The summed E-state index contributed by atoms with van der Waals surface area (Å²) in [5.74, 6) is 1.15. The Morgan fingerprint density at radius 2 is 1.77 bits per heavy atom. The molecule has 0 aliphatic heterocycles. The van der Waals surface area contributed by atoms with Crippen molar-refractivity contribution in [2.75, 3.05) is 17.3 Å². The molecule has 0 aliphatic carbocycles. The first kappa shape index (κ1) is 26.9. The van der Waals surface area contributed by atoms with Crippen molar-refractivity contribution >= 4 is 27.6 Å². The summed E-state index contributed by atoms with van der Waals surface area (Å²) in [6, 6.07) is 6.41. The fourth-order valence-corrected chi connectivity index (χ4v) is 4.98. The molecule has 30 heavy (non-hydrogen) atoms. The van der Waals surface area contributed by atoms with E-state index in [4.69, 9.17) is 9.57 Å². The number of aryl methyl sites for hydroxylation is 1. The Kier molecular flexibility index (Phi) is 10.3. The zero-order chi connectivity index (χ0) is 23.0. The average molecular weight is 460 g/mol. The Hall–Kier alpha value is -1.09. The van der Waals surface area contributed by atoms with Crippen molar-refractivity contribution in [2.45, 2.75) is 83.4 Å². The highest BCUT2D eigenvalue weighted by molar-refractivity contribution is 7.99. The Morgan fingerprint density at radius 1 is 1.10 bits per heavy atom. The first-order valence-corrected chi connectivity index (χ1v) is 13.0. The third kappa shape index (κ3) is 11.3. The molecule has 0 fully saturated rings. The molecule has 0 spiro atoms. The van der Waals surface area contributed by atoms with Gasteiger partial charge in [-0.3, -0.25) is 9.63 Å². The minimum Gasteiger partial charge on any atom is -0.459 e. The van der Waals surface area contributed by atoms with Gasteiger partial charge in [0.2, 0.25) is 0 Å². The second kappa shape index (κ2) is 11.5. The molecule has 8 heteroatoms. The van der Waals surface area contributed by atoms with Gasteiger partial charge in [0.05, 0.1) is 16.2 Å². The van der Waals surface area contributed by atoms with Crippen LogP contribution in [0, 0.1) is 6.92 Å². The van der Waals surface area contributed by atoms with E-state index in [2.05, 4.69) is 5.48 Å². The molecule has 1 aromatic rings. The van der Waals surface area contributed by atoms with Crippen LogP contribution in [0.2, 0.25) is 0 Å². The Bertz CT molecular complexity index is 779. The lowest BCUT2D eigenvalue weighted by molar-refractivity contribution is -0.167. The van der Waals surface area contributed by atoms with E-state index in [1.165, 1.54) is 0 Å². The van der Waals surface area contributed by atoms with Crippen LogP contribution in [0.25, 0.3) is 0 Å². The first-order valence-electron chi connectivity index (χ1n) is 10.2. The van der Waals surface area contributed by atoms with E-state index < -0.39 is 27.1 Å². The van der Waals surface area contributed by atoms with Crippen LogP contribution in [0.5, 0.6) is 0 Å². The van der Waals surface area contributed by atoms with E-state index in [-0.39, 0.29) is 11.7 Å². The van der Waals surface area contributed by atoms with Gasteiger partial charge in [0.1, 0.15) is 11.6 Å². The second-order valence-corrected chi connectivity index (χ2v) is 12.6. The van der Waals surface area contributed by atoms with Crippen LogP contribution in [0.3, 0.4) is 0 Å². The summed E-state index contributed by atoms with van der Waals surface area (Å²) in [5.41, 5.74) is 2.77. The smallest absolute Gasteiger partial charge is 0.326 e. The van der Waals surface area contributed by atoms with Crippen LogP contribution in [-0.2, 0) is 24.2 Å². The molecule has 0 bridgehead atoms. The summed E-state index contributed by atoms with van der Waals surface area (Å²) in [4.78, 5) is 18.4. The third-order valence-corrected chi connectivity index (χ3v) is 6.70. The molecule has 0 unspecified atom stereocenters. The predicted octanol–water partition coefficient (Wildman–Crippen LogP) is 4.31. The number of nitrogens with one attached hydrogen (secondary N) is 1. The van der Waals surface area contributed by atoms with Crippen LogP contribution in [-0.4, -0.2) is 48.9 Å². The van der Waals surface area contributed by atoms with Crippen LogP contribution in [0.15, 0.2) is 29.2 Å². The summed E-state index contributed by atoms with van der Waals surface area (Å²) < 4.78 is 30.3. The lowest BCUT2D eigenvalue weighted by atomic mass is 10.1. The van der Waals surface area contributed by atoms with E-state index >= 15 is 0 Å². The molecule has 1 atom stereocenters. The number of esters is 1. The van der Waals surface area contributed by atoms with Crippen LogP contribution >= 0.6 is 11.8 Å². The average Bonchev–Trinajstić information content (AvgIpc) is 2.57. The predicted molar refractivity (Wildman–Crippen MR) is 123 cm³/mol. The topological polar surface area (TPSA) is 81.7 Å². The molecule has 172 valence electrons. The number of rotatable bonds is 11. The number of sulfone groups is 1. The van der Waals surface area contributed by atoms with Gasteiger partial charge >= 0.3 is 5.97 Å². The van der Waals surface area contributed by atoms with Crippen molar-refractivity contribution in [1.82, 2.24) is 5.48 Å². The number of hydrogen-bond acceptors (Lipinski definition) is 7. The number of hydrogen-bond donors (Lipinski definition) is 1. The van der Waals surface area contributed by atoms with E-state index in [0.29, 0.717) is 29.2 Å². The normalized spacial score (nSPS) is 13.8. The van der Waals surface area contributed by atoms with Crippen molar-refractivity contribution in [3.8, 4) is 0 Å². The van der Waals surface area contributed by atoms with Crippen molar-refractivity contribution < 1.29 is 22.8 Å². The molecule has 0 amide bonds. The van der Waals surface area contributed by atoms with Gasteiger partial charge in [-0.1, -0.05) is 12.1 Å². The summed E-state index contributed by atoms with van der Waals surface area (Å²) in [6.45, 7) is 13.1. The van der Waals surface area contributed by atoms with E-state index in [1.807, 2.05) is 54.5 Å². The third-order valence-electron chi connectivity index (χ3n) is 3.80. The van der Waals surface area contributed by atoms with Crippen molar-refractivity contribution in [3.05, 3.63) is 29.8 Å². The molecule has 0 saturated carbocycles. The maximum absolute atomic E-state index is 12.5. The van der Waals surface area contributed by atoms with Crippen molar-refractivity contribution in [3.63, 3.8) is 0 Å². The van der Waals surface area contributed by atoms with Gasteiger partial charge in [-0.05, 0) is 90.5 Å². The van der Waals surface area contributed by atoms with Crippen LogP contribution < -0.4 is 5.48 Å². The summed E-state index contributed by atoms with van der Waals surface area (Å²) >= 11 is 1.62. The zero-order valence-corrected chi connectivity index (χ0v) is 20.9. The van der Waals surface area contributed by atoms with Gasteiger partial charge in [-0.25, -0.2) is 8.42 Å². The van der Waals surface area contributed by atoms with Crippen molar-refractivity contribution in [1.29, 1.82) is 0 Å². The van der Waals surface area contributed by atoms with E-state index in [1.54, 1.807) is 30.0 Å². The molecule has 0 radical (unpaired) electrons. The quantitative estimate of drug-likeness (QED) is 0.300. The SMILES string of the molecule is Cc1cccc(S(=O)(=O)CCCSCC[C@@H](NOC(C)(C)C)C(=O)OC(C)(C)C)c1. The maximum atomic E-state index is 12.5. The minimum absolute atomic E-state index is 0.115. The summed E-state index contributed by atoms with van der Waals surface area (Å²) in [5, 5.41) is 0.